The van der Waals surface area contributed by atoms with E-state index in [1.54, 1.807) is 19.1 Å². The number of carbonyl (C=O) groups excluding carboxylic acids is 3. The maximum Gasteiger partial charge on any atom is 0.332 e. The monoisotopic (exact) mass is 372 g/mol. The van der Waals surface area contributed by atoms with Crippen LogP contribution >= 0.6 is 11.6 Å². The number of rotatable bonds is 9. The highest BCUT2D eigenvalue weighted by Crippen LogP contribution is 2.27. The standard InChI is InChI=1S/C16H21ClN2O6/c1-4-24-10-16(22)25-9-15(21)19(2)8-14(20)18-12-7-11(17)5-6-13(12)23-3/h5-7H,4,8-10H2,1-3H3,(H,18,20). The van der Waals surface area contributed by atoms with E-state index in [9.17, 15) is 14.4 Å². The van der Waals surface area contributed by atoms with Crippen molar-refractivity contribution in [2.24, 2.45) is 0 Å². The Morgan fingerprint density at radius 2 is 1.96 bits per heavy atom. The molecular formula is C16H21ClN2O6. The summed E-state index contributed by atoms with van der Waals surface area (Å²) in [7, 11) is 2.89. The minimum atomic E-state index is -0.642. The highest BCUT2D eigenvalue weighted by Gasteiger charge is 2.16. The van der Waals surface area contributed by atoms with Crippen LogP contribution in [0.15, 0.2) is 18.2 Å². The lowest BCUT2D eigenvalue weighted by Crippen LogP contribution is -2.37. The molecule has 0 aliphatic rings. The van der Waals surface area contributed by atoms with E-state index in [-0.39, 0.29) is 13.2 Å². The van der Waals surface area contributed by atoms with Gasteiger partial charge in [-0.15, -0.1) is 0 Å². The fourth-order valence-electron chi connectivity index (χ4n) is 1.75. The molecule has 0 spiro atoms. The smallest absolute Gasteiger partial charge is 0.332 e. The van der Waals surface area contributed by atoms with E-state index in [1.165, 1.54) is 20.2 Å². The van der Waals surface area contributed by atoms with Crippen molar-refractivity contribution in [1.29, 1.82) is 0 Å². The Labute approximate surface area is 151 Å². The van der Waals surface area contributed by atoms with E-state index in [1.807, 2.05) is 0 Å². The van der Waals surface area contributed by atoms with Crippen LogP contribution in [0.2, 0.25) is 5.02 Å². The number of benzene rings is 1. The summed E-state index contributed by atoms with van der Waals surface area (Å²) in [5, 5.41) is 3.04. The van der Waals surface area contributed by atoms with Gasteiger partial charge in [-0.05, 0) is 25.1 Å². The van der Waals surface area contributed by atoms with E-state index >= 15 is 0 Å². The zero-order chi connectivity index (χ0) is 18.8. The normalized spacial score (nSPS) is 10.1. The first-order valence-electron chi connectivity index (χ1n) is 7.48. The largest absolute Gasteiger partial charge is 0.495 e. The molecule has 25 heavy (non-hydrogen) atoms. The molecule has 0 unspecified atom stereocenters. The third-order valence-corrected chi connectivity index (χ3v) is 3.26. The number of anilines is 1. The lowest BCUT2D eigenvalue weighted by Gasteiger charge is -2.17. The molecule has 8 nitrogen and oxygen atoms in total. The second kappa shape index (κ2) is 10.5. The van der Waals surface area contributed by atoms with Gasteiger partial charge in [0.2, 0.25) is 5.91 Å². The minimum Gasteiger partial charge on any atom is -0.495 e. The van der Waals surface area contributed by atoms with Crippen molar-refractivity contribution in [3.8, 4) is 5.75 Å². The number of carbonyl (C=O) groups is 3. The van der Waals surface area contributed by atoms with Crippen LogP contribution in [0, 0.1) is 0 Å². The number of methoxy groups -OCH3 is 1. The van der Waals surface area contributed by atoms with Gasteiger partial charge in [-0.3, -0.25) is 9.59 Å². The molecule has 2 amide bonds. The predicted molar refractivity (Wildman–Crippen MR) is 91.7 cm³/mol. The summed E-state index contributed by atoms with van der Waals surface area (Å²) in [5.74, 6) is -1.16. The van der Waals surface area contributed by atoms with Crippen LogP contribution in [-0.4, -0.2) is 63.2 Å². The first-order chi connectivity index (χ1) is 11.9. The number of hydrogen-bond donors (Lipinski definition) is 1. The molecule has 0 heterocycles. The van der Waals surface area contributed by atoms with Crippen LogP contribution < -0.4 is 10.1 Å². The van der Waals surface area contributed by atoms with Gasteiger partial charge in [-0.2, -0.15) is 0 Å². The first-order valence-corrected chi connectivity index (χ1v) is 7.85. The second-order valence-electron chi connectivity index (χ2n) is 4.94. The van der Waals surface area contributed by atoms with Crippen molar-refractivity contribution < 1.29 is 28.6 Å². The molecule has 1 aromatic carbocycles. The summed E-state index contributed by atoms with van der Waals surface area (Å²) >= 11 is 5.89. The average Bonchev–Trinajstić information content (AvgIpc) is 2.57. The highest BCUT2D eigenvalue weighted by atomic mass is 35.5. The molecule has 0 aliphatic carbocycles. The van der Waals surface area contributed by atoms with Gasteiger partial charge in [-0.25, -0.2) is 4.79 Å². The van der Waals surface area contributed by atoms with E-state index in [2.05, 4.69) is 5.32 Å². The summed E-state index contributed by atoms with van der Waals surface area (Å²) in [5.41, 5.74) is 0.393. The van der Waals surface area contributed by atoms with Crippen LogP contribution in [0.1, 0.15) is 6.92 Å². The Morgan fingerprint density at radius 1 is 1.24 bits per heavy atom. The van der Waals surface area contributed by atoms with Gasteiger partial charge >= 0.3 is 5.97 Å². The number of esters is 1. The van der Waals surface area contributed by atoms with Gasteiger partial charge in [0.15, 0.2) is 6.61 Å². The zero-order valence-corrected chi connectivity index (χ0v) is 15.1. The third-order valence-electron chi connectivity index (χ3n) is 3.02. The van der Waals surface area contributed by atoms with Gasteiger partial charge in [-0.1, -0.05) is 11.6 Å². The average molecular weight is 373 g/mol. The molecule has 138 valence electrons. The third kappa shape index (κ3) is 7.40. The topological polar surface area (TPSA) is 94.2 Å². The summed E-state index contributed by atoms with van der Waals surface area (Å²) in [6.45, 7) is 1.20. The summed E-state index contributed by atoms with van der Waals surface area (Å²) in [6.07, 6.45) is 0. The molecule has 0 saturated heterocycles. The maximum absolute atomic E-state index is 12.1. The summed E-state index contributed by atoms with van der Waals surface area (Å²) in [6, 6.07) is 4.78. The van der Waals surface area contributed by atoms with Gasteiger partial charge in [0.25, 0.3) is 5.91 Å². The lowest BCUT2D eigenvalue weighted by molar-refractivity contribution is -0.155. The molecule has 0 fully saturated rings. The molecule has 0 atom stereocenters. The highest BCUT2D eigenvalue weighted by molar-refractivity contribution is 6.31. The zero-order valence-electron chi connectivity index (χ0n) is 14.3. The first kappa shape index (κ1) is 20.7. The Hall–Kier alpha value is -2.32. The summed E-state index contributed by atoms with van der Waals surface area (Å²) in [4.78, 5) is 36.3. The molecule has 0 aromatic heterocycles. The van der Waals surface area contributed by atoms with Crippen molar-refractivity contribution in [1.82, 2.24) is 4.90 Å². The maximum atomic E-state index is 12.1. The molecule has 0 saturated carbocycles. The Balaban J connectivity index is 2.49. The van der Waals surface area contributed by atoms with Crippen molar-refractivity contribution in [2.75, 3.05) is 45.8 Å². The van der Waals surface area contributed by atoms with Gasteiger partial charge in [0.1, 0.15) is 12.4 Å². The SMILES string of the molecule is CCOCC(=O)OCC(=O)N(C)CC(=O)Nc1cc(Cl)ccc1OC. The van der Waals surface area contributed by atoms with E-state index < -0.39 is 24.4 Å². The number of likely N-dealkylation sites (N-methyl/N-ethyl adjacent to an activating group) is 1. The van der Waals surface area contributed by atoms with Crippen molar-refractivity contribution in [3.05, 3.63) is 23.2 Å². The molecule has 1 N–H and O–H groups in total. The molecule has 0 radical (unpaired) electrons. The number of nitrogens with one attached hydrogen (secondary N) is 1. The van der Waals surface area contributed by atoms with Crippen molar-refractivity contribution in [3.63, 3.8) is 0 Å². The number of nitrogens with zero attached hydrogens (tertiary/aromatic N) is 1. The van der Waals surface area contributed by atoms with E-state index in [4.69, 9.17) is 25.8 Å². The Kier molecular flexibility index (Phi) is 8.73. The van der Waals surface area contributed by atoms with E-state index in [0.717, 1.165) is 4.90 Å². The van der Waals surface area contributed by atoms with Crippen LogP contribution in [0.3, 0.4) is 0 Å². The molecule has 0 bridgehead atoms. The Morgan fingerprint density at radius 3 is 2.60 bits per heavy atom. The van der Waals surface area contributed by atoms with Crippen LogP contribution in [-0.2, 0) is 23.9 Å². The number of halogens is 1. The quantitative estimate of drug-likeness (QED) is 0.657. The molecule has 0 aliphatic heterocycles. The van der Waals surface area contributed by atoms with Crippen LogP contribution in [0.4, 0.5) is 5.69 Å². The predicted octanol–water partition coefficient (Wildman–Crippen LogP) is 1.33. The van der Waals surface area contributed by atoms with E-state index in [0.29, 0.717) is 23.1 Å². The number of amides is 2. The summed E-state index contributed by atoms with van der Waals surface area (Å²) < 4.78 is 14.7. The van der Waals surface area contributed by atoms with Gasteiger partial charge in [0.05, 0.1) is 19.3 Å². The lowest BCUT2D eigenvalue weighted by atomic mass is 10.3. The Bertz CT molecular complexity index is 623. The fourth-order valence-corrected chi connectivity index (χ4v) is 1.92. The minimum absolute atomic E-state index is 0.220. The van der Waals surface area contributed by atoms with Crippen LogP contribution in [0.25, 0.3) is 0 Å². The fraction of sp³-hybridized carbons (Fsp3) is 0.438. The molecule has 1 aromatic rings. The van der Waals surface area contributed by atoms with Gasteiger partial charge < -0.3 is 24.4 Å². The number of ether oxygens (including phenoxy) is 3. The van der Waals surface area contributed by atoms with Crippen molar-refractivity contribution >= 4 is 35.1 Å². The number of hydrogen-bond acceptors (Lipinski definition) is 6. The molecular weight excluding hydrogens is 352 g/mol. The van der Waals surface area contributed by atoms with Crippen molar-refractivity contribution in [2.45, 2.75) is 6.92 Å². The molecule has 1 rings (SSSR count). The van der Waals surface area contributed by atoms with Crippen LogP contribution in [0.5, 0.6) is 5.75 Å². The molecule has 9 heteroatoms. The second-order valence-corrected chi connectivity index (χ2v) is 5.38. The van der Waals surface area contributed by atoms with Gasteiger partial charge in [0, 0.05) is 18.7 Å².